The van der Waals surface area contributed by atoms with Crippen LogP contribution in [-0.4, -0.2) is 35.3 Å². The average molecular weight is 444 g/mol. The van der Waals surface area contributed by atoms with E-state index in [1.807, 2.05) is 0 Å². The van der Waals surface area contributed by atoms with Crippen molar-refractivity contribution in [2.45, 2.75) is 13.8 Å². The van der Waals surface area contributed by atoms with Gasteiger partial charge in [-0.25, -0.2) is 9.59 Å². The molecule has 0 radical (unpaired) electrons. The highest BCUT2D eigenvalue weighted by molar-refractivity contribution is 9.10. The van der Waals surface area contributed by atoms with Crippen LogP contribution in [0.1, 0.15) is 50.6 Å². The Balaban J connectivity index is 2.31. The summed E-state index contributed by atoms with van der Waals surface area (Å²) in [5.74, 6) is -1.83. The van der Waals surface area contributed by atoms with Gasteiger partial charge < -0.3 is 13.9 Å². The van der Waals surface area contributed by atoms with E-state index >= 15 is 0 Å². The zero-order valence-corrected chi connectivity index (χ0v) is 17.0. The van der Waals surface area contributed by atoms with Gasteiger partial charge in [0, 0.05) is 21.7 Å². The molecule has 2 heterocycles. The van der Waals surface area contributed by atoms with E-state index < -0.39 is 17.7 Å². The molecule has 0 saturated carbocycles. The molecule has 0 amide bonds. The summed E-state index contributed by atoms with van der Waals surface area (Å²) in [4.78, 5) is 38.6. The second-order valence-electron chi connectivity index (χ2n) is 5.86. The van der Waals surface area contributed by atoms with Crippen molar-refractivity contribution in [2.75, 3.05) is 13.2 Å². The third-order valence-electron chi connectivity index (χ3n) is 4.12. The van der Waals surface area contributed by atoms with Gasteiger partial charge in [-0.3, -0.25) is 4.79 Å². The number of nitrogens with zero attached hydrogens (tertiary/aromatic N) is 1. The van der Waals surface area contributed by atoms with Crippen molar-refractivity contribution >= 4 is 39.2 Å². The highest BCUT2D eigenvalue weighted by Gasteiger charge is 2.29. The molecule has 28 heavy (non-hydrogen) atoms. The van der Waals surface area contributed by atoms with Gasteiger partial charge in [0.05, 0.1) is 18.8 Å². The molecular formula is C21H18BrNO5. The first kappa shape index (κ1) is 19.8. The van der Waals surface area contributed by atoms with Crippen molar-refractivity contribution in [3.05, 3.63) is 75.5 Å². The maximum Gasteiger partial charge on any atom is 0.341 e. The number of carbonyl (C=O) groups is 3. The minimum atomic E-state index is -0.749. The topological polar surface area (TPSA) is 74.1 Å². The standard InChI is InChI=1S/C21H18BrNO5/c1-3-27-20(25)16-12-15-6-5-11-23(15)18(17(16)21(26)28-4-2)19(24)13-7-9-14(22)10-8-13/h5-12H,3-4H2,1-2H3. The van der Waals surface area contributed by atoms with E-state index in [2.05, 4.69) is 15.9 Å². The molecule has 0 aliphatic carbocycles. The summed E-state index contributed by atoms with van der Waals surface area (Å²) >= 11 is 3.34. The number of ketones is 1. The molecule has 7 heteroatoms. The lowest BCUT2D eigenvalue weighted by Crippen LogP contribution is -2.22. The van der Waals surface area contributed by atoms with Gasteiger partial charge in [-0.15, -0.1) is 0 Å². The highest BCUT2D eigenvalue weighted by Crippen LogP contribution is 2.25. The fourth-order valence-corrected chi connectivity index (χ4v) is 3.19. The zero-order chi connectivity index (χ0) is 20.3. The molecule has 0 bridgehead atoms. The Kier molecular flexibility index (Phi) is 5.94. The number of esters is 2. The van der Waals surface area contributed by atoms with Crippen LogP contribution in [0.3, 0.4) is 0 Å². The Hall–Kier alpha value is -2.93. The molecule has 6 nitrogen and oxygen atoms in total. The summed E-state index contributed by atoms with van der Waals surface area (Å²) in [6, 6.07) is 11.8. The van der Waals surface area contributed by atoms with E-state index in [0.717, 1.165) is 4.47 Å². The fraction of sp³-hybridized carbons (Fsp3) is 0.190. The lowest BCUT2D eigenvalue weighted by molar-refractivity contribution is 0.0477. The van der Waals surface area contributed by atoms with E-state index in [1.54, 1.807) is 60.8 Å². The van der Waals surface area contributed by atoms with Gasteiger partial charge in [0.2, 0.25) is 5.78 Å². The molecule has 0 saturated heterocycles. The van der Waals surface area contributed by atoms with E-state index in [9.17, 15) is 14.4 Å². The maximum atomic E-state index is 13.3. The minimum absolute atomic E-state index is 0.00645. The summed E-state index contributed by atoms with van der Waals surface area (Å²) in [5.41, 5.74) is 0.941. The lowest BCUT2D eigenvalue weighted by Gasteiger charge is -2.15. The van der Waals surface area contributed by atoms with Crippen molar-refractivity contribution < 1.29 is 23.9 Å². The molecular weight excluding hydrogens is 426 g/mol. The first-order valence-corrected chi connectivity index (χ1v) is 9.55. The van der Waals surface area contributed by atoms with E-state index in [1.165, 1.54) is 6.07 Å². The third kappa shape index (κ3) is 3.71. The van der Waals surface area contributed by atoms with Crippen molar-refractivity contribution in [3.8, 4) is 0 Å². The minimum Gasteiger partial charge on any atom is -0.462 e. The van der Waals surface area contributed by atoms with Crippen molar-refractivity contribution in [1.29, 1.82) is 0 Å². The van der Waals surface area contributed by atoms with Gasteiger partial charge in [-0.1, -0.05) is 15.9 Å². The Morgan fingerprint density at radius 3 is 2.25 bits per heavy atom. The number of aromatic nitrogens is 1. The van der Waals surface area contributed by atoms with Gasteiger partial charge in [-0.2, -0.15) is 0 Å². The van der Waals surface area contributed by atoms with Gasteiger partial charge in [0.25, 0.3) is 0 Å². The molecule has 0 fully saturated rings. The number of fused-ring (bicyclic) bond motifs is 1. The van der Waals surface area contributed by atoms with Crippen LogP contribution < -0.4 is 0 Å². The molecule has 0 unspecified atom stereocenters. The normalized spacial score (nSPS) is 10.7. The van der Waals surface area contributed by atoms with Crippen LogP contribution >= 0.6 is 15.9 Å². The molecule has 0 atom stereocenters. The fourth-order valence-electron chi connectivity index (χ4n) is 2.92. The molecule has 1 aromatic carbocycles. The second kappa shape index (κ2) is 8.39. The summed E-state index contributed by atoms with van der Waals surface area (Å²) < 4.78 is 12.7. The van der Waals surface area contributed by atoms with Crippen LogP contribution in [0.25, 0.3) is 5.52 Å². The van der Waals surface area contributed by atoms with Crippen LogP contribution in [-0.2, 0) is 9.47 Å². The number of halogens is 1. The number of benzene rings is 1. The van der Waals surface area contributed by atoms with Gasteiger partial charge in [0.15, 0.2) is 0 Å². The molecule has 0 N–H and O–H groups in total. The Morgan fingerprint density at radius 2 is 1.61 bits per heavy atom. The summed E-state index contributed by atoms with van der Waals surface area (Å²) in [7, 11) is 0. The summed E-state index contributed by atoms with van der Waals surface area (Å²) in [6.45, 7) is 3.58. The molecule has 0 aliphatic rings. The highest BCUT2D eigenvalue weighted by atomic mass is 79.9. The quantitative estimate of drug-likeness (QED) is 0.419. The van der Waals surface area contributed by atoms with E-state index in [-0.39, 0.29) is 30.0 Å². The Bertz CT molecular complexity index is 1050. The smallest absolute Gasteiger partial charge is 0.341 e. The number of hydrogen-bond donors (Lipinski definition) is 0. The SMILES string of the molecule is CCOC(=O)c1cc2cccn2c(C(=O)c2ccc(Br)cc2)c1C(=O)OCC. The Morgan fingerprint density at radius 1 is 0.964 bits per heavy atom. The summed E-state index contributed by atoms with van der Waals surface area (Å²) in [5, 5.41) is 0. The van der Waals surface area contributed by atoms with Gasteiger partial charge in [0.1, 0.15) is 11.3 Å². The van der Waals surface area contributed by atoms with Crippen LogP contribution in [0.4, 0.5) is 0 Å². The molecule has 3 aromatic rings. The lowest BCUT2D eigenvalue weighted by atomic mass is 9.98. The predicted octanol–water partition coefficient (Wildman–Crippen LogP) is 4.29. The predicted molar refractivity (Wildman–Crippen MR) is 107 cm³/mol. The molecule has 0 spiro atoms. The van der Waals surface area contributed by atoms with Crippen molar-refractivity contribution in [3.63, 3.8) is 0 Å². The van der Waals surface area contributed by atoms with E-state index in [4.69, 9.17) is 9.47 Å². The third-order valence-corrected chi connectivity index (χ3v) is 4.64. The second-order valence-corrected chi connectivity index (χ2v) is 6.78. The molecule has 144 valence electrons. The first-order valence-electron chi connectivity index (χ1n) is 8.76. The Labute approximate surface area is 170 Å². The van der Waals surface area contributed by atoms with Crippen molar-refractivity contribution in [2.24, 2.45) is 0 Å². The van der Waals surface area contributed by atoms with Crippen LogP contribution in [0.15, 0.2) is 53.1 Å². The molecule has 2 aromatic heterocycles. The van der Waals surface area contributed by atoms with Crippen LogP contribution in [0.2, 0.25) is 0 Å². The average Bonchev–Trinajstić information content (AvgIpc) is 3.15. The van der Waals surface area contributed by atoms with Crippen LogP contribution in [0, 0.1) is 0 Å². The van der Waals surface area contributed by atoms with Crippen molar-refractivity contribution in [1.82, 2.24) is 4.40 Å². The zero-order valence-electron chi connectivity index (χ0n) is 15.4. The number of hydrogen-bond acceptors (Lipinski definition) is 5. The number of carbonyl (C=O) groups excluding carboxylic acids is 3. The molecule has 0 aliphatic heterocycles. The summed E-state index contributed by atoms with van der Waals surface area (Å²) in [6.07, 6.45) is 1.67. The number of pyridine rings is 1. The number of ether oxygens (including phenoxy) is 2. The largest absolute Gasteiger partial charge is 0.462 e. The van der Waals surface area contributed by atoms with E-state index in [0.29, 0.717) is 11.1 Å². The monoisotopic (exact) mass is 443 g/mol. The van der Waals surface area contributed by atoms with Gasteiger partial charge >= 0.3 is 11.9 Å². The molecule has 3 rings (SSSR count). The van der Waals surface area contributed by atoms with Crippen LogP contribution in [0.5, 0.6) is 0 Å². The van der Waals surface area contributed by atoms with Gasteiger partial charge in [-0.05, 0) is 56.3 Å². The maximum absolute atomic E-state index is 13.3. The first-order chi connectivity index (χ1) is 13.5. The number of rotatable bonds is 6.